The number of hydrogen-bond donors (Lipinski definition) is 1. The van der Waals surface area contributed by atoms with E-state index in [0.29, 0.717) is 64.2 Å². The number of piperidine rings is 5. The molecule has 1 aromatic rings. The molecular formula is C42H72N9O7. The molecule has 0 aromatic carbocycles. The van der Waals surface area contributed by atoms with Gasteiger partial charge >= 0.3 is 12.0 Å². The van der Waals surface area contributed by atoms with E-state index in [0.717, 1.165) is 15.2 Å². The van der Waals surface area contributed by atoms with Gasteiger partial charge in [0.15, 0.2) is 0 Å². The molecule has 6 heterocycles. The van der Waals surface area contributed by atoms with E-state index < -0.39 is 61.5 Å². The van der Waals surface area contributed by atoms with Crippen molar-refractivity contribution in [3.8, 4) is 12.0 Å². The molecule has 0 amide bonds. The van der Waals surface area contributed by atoms with E-state index in [2.05, 4.69) is 5.32 Å². The van der Waals surface area contributed by atoms with Crippen LogP contribution in [0.5, 0.6) is 12.0 Å². The number of rotatable bonds is 6. The maximum Gasteiger partial charge on any atom is 0.324 e. The molecule has 327 valence electrons. The van der Waals surface area contributed by atoms with E-state index in [9.17, 15) is 26.0 Å². The lowest BCUT2D eigenvalue weighted by atomic mass is 9.63. The minimum atomic E-state index is -0.870. The molecule has 0 aliphatic carbocycles. The maximum absolute atomic E-state index is 14.3. The molecular weight excluding hydrogens is 743 g/mol. The summed E-state index contributed by atoms with van der Waals surface area (Å²) in [5, 5.41) is 78.1. The molecule has 5 radical (unpaired) electrons. The molecule has 0 bridgehead atoms. The van der Waals surface area contributed by atoms with E-state index in [4.69, 9.17) is 24.4 Å². The second kappa shape index (κ2) is 14.0. The van der Waals surface area contributed by atoms with Crippen LogP contribution in [0.1, 0.15) is 175 Å². The summed E-state index contributed by atoms with van der Waals surface area (Å²) in [7, 11) is 0. The second-order valence-corrected chi connectivity index (χ2v) is 23.9. The van der Waals surface area contributed by atoms with Gasteiger partial charge in [-0.25, -0.2) is 0 Å². The summed E-state index contributed by atoms with van der Waals surface area (Å²) in [5.41, 5.74) is -7.76. The molecule has 16 heteroatoms. The number of hydrogen-bond acceptors (Lipinski definition) is 11. The Morgan fingerprint density at radius 2 is 0.724 bits per heavy atom. The van der Waals surface area contributed by atoms with E-state index in [-0.39, 0.29) is 30.1 Å². The Hall–Kier alpha value is -1.99. The van der Waals surface area contributed by atoms with Crippen molar-refractivity contribution >= 4 is 5.95 Å². The van der Waals surface area contributed by atoms with Gasteiger partial charge in [0.05, 0.1) is 11.1 Å². The monoisotopic (exact) mass is 815 g/mol. The summed E-state index contributed by atoms with van der Waals surface area (Å²) in [6.07, 6.45) is 3.32. The van der Waals surface area contributed by atoms with Crippen LogP contribution < -0.4 is 14.8 Å². The molecule has 1 N–H and O–H groups in total. The van der Waals surface area contributed by atoms with Gasteiger partial charge in [-0.2, -0.15) is 9.97 Å². The molecule has 6 rings (SSSR count). The van der Waals surface area contributed by atoms with Crippen LogP contribution in [-0.4, -0.2) is 114 Å². The van der Waals surface area contributed by atoms with Crippen LogP contribution in [0.3, 0.4) is 0 Å². The number of ether oxygens (including phenoxy) is 2. The van der Waals surface area contributed by atoms with Gasteiger partial charge in [-0.1, -0.05) is 0 Å². The van der Waals surface area contributed by atoms with Gasteiger partial charge in [0.2, 0.25) is 5.95 Å². The van der Waals surface area contributed by atoms with Gasteiger partial charge in [-0.3, -0.25) is 0 Å². The van der Waals surface area contributed by atoms with Crippen LogP contribution in [0, 0.1) is 0 Å². The number of nitrogens with zero attached hydrogens (tertiary/aromatic N) is 8. The van der Waals surface area contributed by atoms with Gasteiger partial charge in [0.25, 0.3) is 0 Å². The van der Waals surface area contributed by atoms with Crippen molar-refractivity contribution in [2.24, 2.45) is 0 Å². The molecule has 5 saturated heterocycles. The first-order chi connectivity index (χ1) is 26.1. The Kier molecular flexibility index (Phi) is 11.0. The van der Waals surface area contributed by atoms with Crippen LogP contribution in [-0.2, 0) is 26.0 Å². The first-order valence-corrected chi connectivity index (χ1v) is 21.3. The fraction of sp³-hybridized carbons (Fsp3) is 0.929. The van der Waals surface area contributed by atoms with Crippen molar-refractivity contribution in [2.45, 2.75) is 249 Å². The van der Waals surface area contributed by atoms with E-state index in [1.807, 2.05) is 111 Å². The zero-order chi connectivity index (χ0) is 43.7. The Morgan fingerprint density at radius 3 is 1.12 bits per heavy atom. The second-order valence-electron chi connectivity index (χ2n) is 23.9. The van der Waals surface area contributed by atoms with Crippen molar-refractivity contribution in [3.05, 3.63) is 0 Å². The number of nitrogens with one attached hydrogen (secondary N) is 1. The smallest absolute Gasteiger partial charge is 0.324 e. The van der Waals surface area contributed by atoms with Crippen LogP contribution >= 0.6 is 0 Å². The lowest BCUT2D eigenvalue weighted by Crippen LogP contribution is -2.72. The molecule has 5 fully saturated rings. The van der Waals surface area contributed by atoms with E-state index in [1.54, 1.807) is 0 Å². The maximum atomic E-state index is 14.3. The molecule has 5 aliphatic heterocycles. The average molecular weight is 815 g/mol. The van der Waals surface area contributed by atoms with Gasteiger partial charge in [0.1, 0.15) is 12.2 Å². The quantitative estimate of drug-likeness (QED) is 0.310. The molecule has 2 unspecified atom stereocenters. The summed E-state index contributed by atoms with van der Waals surface area (Å²) < 4.78 is 13.3. The zero-order valence-electron chi connectivity index (χ0n) is 38.2. The first-order valence-electron chi connectivity index (χ1n) is 21.3. The fourth-order valence-electron chi connectivity index (χ4n) is 13.1. The number of hydroxylamine groups is 10. The average Bonchev–Trinajstić information content (AvgIpc) is 3.01. The van der Waals surface area contributed by atoms with Gasteiger partial charge in [0, 0.05) is 76.0 Å². The third-order valence-electron chi connectivity index (χ3n) is 13.9. The molecule has 2 spiro atoms. The first kappa shape index (κ1) is 45.5. The van der Waals surface area contributed by atoms with Crippen LogP contribution in [0.2, 0.25) is 0 Å². The summed E-state index contributed by atoms with van der Waals surface area (Å²) >= 11 is 0. The molecule has 2 atom stereocenters. The van der Waals surface area contributed by atoms with Gasteiger partial charge < -0.3 is 14.8 Å². The van der Waals surface area contributed by atoms with Crippen LogP contribution in [0.4, 0.5) is 5.95 Å². The summed E-state index contributed by atoms with van der Waals surface area (Å²) in [4.78, 5) is 14.3. The topological polar surface area (TPSA) is 185 Å². The minimum Gasteiger partial charge on any atom is -0.460 e. The Balaban J connectivity index is 1.35. The van der Waals surface area contributed by atoms with Gasteiger partial charge in [-0.15, -0.1) is 56.3 Å². The molecule has 16 nitrogen and oxygen atoms in total. The molecule has 58 heavy (non-hydrogen) atoms. The highest BCUT2D eigenvalue weighted by molar-refractivity contribution is 5.31. The summed E-state index contributed by atoms with van der Waals surface area (Å²) in [5.74, 6) is 0.229. The van der Waals surface area contributed by atoms with Crippen molar-refractivity contribution < 1.29 is 35.5 Å². The highest BCUT2D eigenvalue weighted by Gasteiger charge is 2.63. The molecule has 0 saturated carbocycles. The van der Waals surface area contributed by atoms with E-state index in [1.165, 1.54) is 10.1 Å². The fourth-order valence-corrected chi connectivity index (χ4v) is 13.1. The summed E-state index contributed by atoms with van der Waals surface area (Å²) in [6, 6.07) is -0.153. The Bertz CT molecular complexity index is 1550. The Morgan fingerprint density at radius 1 is 0.414 bits per heavy atom. The predicted molar refractivity (Wildman–Crippen MR) is 213 cm³/mol. The highest BCUT2D eigenvalue weighted by atomic mass is 16.5. The normalized spacial score (nSPS) is 32.8. The van der Waals surface area contributed by atoms with Crippen LogP contribution in [0.25, 0.3) is 0 Å². The lowest BCUT2D eigenvalue weighted by Gasteiger charge is -2.62. The Labute approximate surface area is 347 Å². The number of aromatic nitrogens is 3. The largest absolute Gasteiger partial charge is 0.460 e. The van der Waals surface area contributed by atoms with Crippen molar-refractivity contribution in [1.29, 1.82) is 0 Å². The van der Waals surface area contributed by atoms with Gasteiger partial charge in [-0.05, 0) is 149 Å². The van der Waals surface area contributed by atoms with E-state index >= 15 is 0 Å². The number of anilines is 1. The lowest BCUT2D eigenvalue weighted by molar-refractivity contribution is -0.364. The highest BCUT2D eigenvalue weighted by Crippen LogP contribution is 2.54. The third kappa shape index (κ3) is 8.20. The standard InChI is InChI=1S/C42H72N9O7/c1-33(2)17-27(18-41(50(33)55)23-37(9,10)48(53)38(11,12)24-41)43-30-44-31(57-28-19-34(3,4)47(52)35(5,6)20-28)46-32(45-30)58-29-21-36(7,8)51(56)42(22-29)25-39(13,14)49(54)40(15,16)26-42/h27-29H,17-26H2,1-16H3,(H,43,44,45,46). The molecule has 5 aliphatic rings. The summed E-state index contributed by atoms with van der Waals surface area (Å²) in [6.45, 7) is 30.6. The molecule has 1 aromatic heterocycles. The minimum absolute atomic E-state index is 0.0412. The SMILES string of the molecule is CC1(C)CC(Oc2nc(NC3CC(C)(C)N([O])C4(C3)CC(C)(C)N([O])C(C)(C)C4)nc(OC3CC(C)(C)N([O])C4(C3)CC(C)(C)N([O])C(C)(C)C4)n2)CC(C)(C)N1[O]. The van der Waals surface area contributed by atoms with Crippen molar-refractivity contribution in [1.82, 2.24) is 40.3 Å². The third-order valence-corrected chi connectivity index (χ3v) is 13.9. The predicted octanol–water partition coefficient (Wildman–Crippen LogP) is 7.06. The zero-order valence-corrected chi connectivity index (χ0v) is 38.2. The van der Waals surface area contributed by atoms with Crippen LogP contribution in [0.15, 0.2) is 0 Å². The van der Waals surface area contributed by atoms with Crippen molar-refractivity contribution in [2.75, 3.05) is 5.32 Å². The van der Waals surface area contributed by atoms with Crippen molar-refractivity contribution in [3.63, 3.8) is 0 Å².